The molecule has 0 amide bonds. The van der Waals surface area contributed by atoms with Crippen LogP contribution in [0.2, 0.25) is 5.02 Å². The molecule has 0 aliphatic heterocycles. The van der Waals surface area contributed by atoms with Crippen LogP contribution in [0.15, 0.2) is 48.5 Å². The molecular weight excluding hydrogens is 270 g/mol. The maximum Gasteiger partial charge on any atom is 0.147 e. The van der Waals surface area contributed by atoms with Crippen molar-refractivity contribution in [3.63, 3.8) is 0 Å². The lowest BCUT2D eigenvalue weighted by Crippen LogP contribution is -2.30. The standard InChI is InChI=1S/C17H18ClNO/c1-17(2,13-6-8-15(19)9-7-13)16(20)11-12-4-3-5-14(18)10-12/h3-10H,11,19H2,1-2H3. The zero-order valence-electron chi connectivity index (χ0n) is 11.7. The van der Waals surface area contributed by atoms with E-state index in [2.05, 4.69) is 0 Å². The van der Waals surface area contributed by atoms with Crippen LogP contribution in [0.4, 0.5) is 5.69 Å². The van der Waals surface area contributed by atoms with E-state index in [0.717, 1.165) is 11.1 Å². The van der Waals surface area contributed by atoms with Crippen LogP contribution in [0, 0.1) is 0 Å². The van der Waals surface area contributed by atoms with Crippen LogP contribution in [0.3, 0.4) is 0 Å². The lowest BCUT2D eigenvalue weighted by Gasteiger charge is -2.24. The summed E-state index contributed by atoms with van der Waals surface area (Å²) in [5.41, 5.74) is 7.75. The molecule has 0 radical (unpaired) electrons. The topological polar surface area (TPSA) is 43.1 Å². The first-order valence-electron chi connectivity index (χ1n) is 6.53. The van der Waals surface area contributed by atoms with Crippen LogP contribution in [0.1, 0.15) is 25.0 Å². The molecule has 0 atom stereocenters. The van der Waals surface area contributed by atoms with Gasteiger partial charge in [-0.05, 0) is 49.2 Å². The SMILES string of the molecule is CC(C)(C(=O)Cc1cccc(Cl)c1)c1ccc(N)cc1. The Morgan fingerprint density at radius 3 is 2.40 bits per heavy atom. The van der Waals surface area contributed by atoms with Crippen LogP contribution >= 0.6 is 11.6 Å². The number of benzene rings is 2. The highest BCUT2D eigenvalue weighted by Crippen LogP contribution is 2.27. The summed E-state index contributed by atoms with van der Waals surface area (Å²) in [5, 5.41) is 0.653. The molecule has 104 valence electrons. The van der Waals surface area contributed by atoms with Gasteiger partial charge in [-0.3, -0.25) is 4.79 Å². The van der Waals surface area contributed by atoms with Crippen molar-refractivity contribution in [2.24, 2.45) is 0 Å². The number of ketones is 1. The molecule has 3 heteroatoms. The molecule has 2 aromatic carbocycles. The Kier molecular flexibility index (Phi) is 4.15. The van der Waals surface area contributed by atoms with Gasteiger partial charge in [0.25, 0.3) is 0 Å². The van der Waals surface area contributed by atoms with Crippen molar-refractivity contribution in [3.05, 3.63) is 64.7 Å². The summed E-state index contributed by atoms with van der Waals surface area (Å²) in [6, 6.07) is 14.9. The summed E-state index contributed by atoms with van der Waals surface area (Å²) in [4.78, 5) is 12.6. The second-order valence-corrected chi connectivity index (χ2v) is 5.91. The van der Waals surface area contributed by atoms with E-state index in [0.29, 0.717) is 17.1 Å². The fraction of sp³-hybridized carbons (Fsp3) is 0.235. The third-order valence-electron chi connectivity index (χ3n) is 3.58. The van der Waals surface area contributed by atoms with Crippen molar-refractivity contribution in [1.29, 1.82) is 0 Å². The quantitative estimate of drug-likeness (QED) is 0.863. The number of Topliss-reactive ketones (excluding diaryl/α,β-unsaturated/α-hetero) is 1. The molecule has 2 N–H and O–H groups in total. The van der Waals surface area contributed by atoms with Crippen LogP contribution in [-0.4, -0.2) is 5.78 Å². The first-order valence-corrected chi connectivity index (χ1v) is 6.91. The van der Waals surface area contributed by atoms with Gasteiger partial charge in [0.15, 0.2) is 0 Å². The minimum Gasteiger partial charge on any atom is -0.399 e. The molecule has 2 rings (SSSR count). The average molecular weight is 288 g/mol. The lowest BCUT2D eigenvalue weighted by molar-refractivity contribution is -0.122. The van der Waals surface area contributed by atoms with Gasteiger partial charge in [0, 0.05) is 22.5 Å². The van der Waals surface area contributed by atoms with E-state index in [1.165, 1.54) is 0 Å². The summed E-state index contributed by atoms with van der Waals surface area (Å²) in [6.45, 7) is 3.87. The van der Waals surface area contributed by atoms with Crippen molar-refractivity contribution < 1.29 is 4.79 Å². The van der Waals surface area contributed by atoms with Gasteiger partial charge >= 0.3 is 0 Å². The van der Waals surface area contributed by atoms with Gasteiger partial charge < -0.3 is 5.73 Å². The minimum atomic E-state index is -0.546. The summed E-state index contributed by atoms with van der Waals surface area (Å²) in [6.07, 6.45) is 0.373. The molecule has 0 fully saturated rings. The normalized spacial score (nSPS) is 11.3. The minimum absolute atomic E-state index is 0.157. The number of carbonyl (C=O) groups is 1. The van der Waals surface area contributed by atoms with Gasteiger partial charge in [0.05, 0.1) is 0 Å². The van der Waals surface area contributed by atoms with Crippen LogP contribution in [-0.2, 0) is 16.6 Å². The molecule has 0 saturated heterocycles. The molecule has 0 heterocycles. The van der Waals surface area contributed by atoms with Crippen molar-refractivity contribution in [1.82, 2.24) is 0 Å². The number of nitrogens with two attached hydrogens (primary N) is 1. The molecule has 0 aliphatic rings. The van der Waals surface area contributed by atoms with Gasteiger partial charge in [-0.2, -0.15) is 0 Å². The fourth-order valence-electron chi connectivity index (χ4n) is 2.11. The van der Waals surface area contributed by atoms with E-state index in [-0.39, 0.29) is 5.78 Å². The van der Waals surface area contributed by atoms with Gasteiger partial charge in [-0.1, -0.05) is 35.9 Å². The van der Waals surface area contributed by atoms with E-state index >= 15 is 0 Å². The highest BCUT2D eigenvalue weighted by atomic mass is 35.5. The predicted molar refractivity (Wildman–Crippen MR) is 84.0 cm³/mol. The zero-order chi connectivity index (χ0) is 14.8. The number of rotatable bonds is 4. The summed E-state index contributed by atoms with van der Waals surface area (Å²) in [5.74, 6) is 0.157. The monoisotopic (exact) mass is 287 g/mol. The van der Waals surface area contributed by atoms with Gasteiger partial charge in [0.1, 0.15) is 5.78 Å². The number of nitrogen functional groups attached to an aromatic ring is 1. The van der Waals surface area contributed by atoms with E-state index < -0.39 is 5.41 Å². The van der Waals surface area contributed by atoms with E-state index in [9.17, 15) is 4.79 Å². The molecule has 0 aromatic heterocycles. The predicted octanol–water partition coefficient (Wildman–Crippen LogP) is 4.01. The van der Waals surface area contributed by atoms with E-state index in [4.69, 9.17) is 17.3 Å². The number of hydrogen-bond acceptors (Lipinski definition) is 2. The van der Waals surface area contributed by atoms with E-state index in [1.807, 2.05) is 56.3 Å². The van der Waals surface area contributed by atoms with Crippen LogP contribution in [0.5, 0.6) is 0 Å². The largest absolute Gasteiger partial charge is 0.399 e. The average Bonchev–Trinajstić information content (AvgIpc) is 2.39. The van der Waals surface area contributed by atoms with Crippen molar-refractivity contribution in [3.8, 4) is 0 Å². The van der Waals surface area contributed by atoms with Gasteiger partial charge in [-0.25, -0.2) is 0 Å². The summed E-state index contributed by atoms with van der Waals surface area (Å²) < 4.78 is 0. The maximum atomic E-state index is 12.6. The van der Waals surface area contributed by atoms with Crippen LogP contribution < -0.4 is 5.73 Å². The molecule has 0 aliphatic carbocycles. The van der Waals surface area contributed by atoms with Gasteiger partial charge in [0.2, 0.25) is 0 Å². The molecule has 0 unspecified atom stereocenters. The number of hydrogen-bond donors (Lipinski definition) is 1. The number of halogens is 1. The van der Waals surface area contributed by atoms with Crippen molar-refractivity contribution >= 4 is 23.1 Å². The molecule has 0 spiro atoms. The highest BCUT2D eigenvalue weighted by Gasteiger charge is 2.29. The molecule has 2 aromatic rings. The first-order chi connectivity index (χ1) is 9.39. The highest BCUT2D eigenvalue weighted by molar-refractivity contribution is 6.30. The van der Waals surface area contributed by atoms with E-state index in [1.54, 1.807) is 6.07 Å². The zero-order valence-corrected chi connectivity index (χ0v) is 12.4. The third-order valence-corrected chi connectivity index (χ3v) is 3.82. The maximum absolute atomic E-state index is 12.6. The first kappa shape index (κ1) is 14.6. The van der Waals surface area contributed by atoms with Crippen molar-refractivity contribution in [2.75, 3.05) is 5.73 Å². The molecule has 0 bridgehead atoms. The fourth-order valence-corrected chi connectivity index (χ4v) is 2.33. The summed E-state index contributed by atoms with van der Waals surface area (Å²) >= 11 is 5.95. The Labute approximate surface area is 124 Å². The van der Waals surface area contributed by atoms with Gasteiger partial charge in [-0.15, -0.1) is 0 Å². The summed E-state index contributed by atoms with van der Waals surface area (Å²) in [7, 11) is 0. The molecule has 0 saturated carbocycles. The number of carbonyl (C=O) groups excluding carboxylic acids is 1. The molecule has 2 nitrogen and oxygen atoms in total. The smallest absolute Gasteiger partial charge is 0.147 e. The molecular formula is C17H18ClNO. The third kappa shape index (κ3) is 3.20. The second-order valence-electron chi connectivity index (χ2n) is 5.48. The van der Waals surface area contributed by atoms with Crippen molar-refractivity contribution in [2.45, 2.75) is 25.7 Å². The molecule has 20 heavy (non-hydrogen) atoms. The van der Waals surface area contributed by atoms with Crippen LogP contribution in [0.25, 0.3) is 0 Å². The Morgan fingerprint density at radius 2 is 1.80 bits per heavy atom. The lowest BCUT2D eigenvalue weighted by atomic mass is 9.78. The second kappa shape index (κ2) is 5.68. The Balaban J connectivity index is 2.21. The Bertz CT molecular complexity index is 617. The number of anilines is 1. The Morgan fingerprint density at radius 1 is 1.15 bits per heavy atom. The Hall–Kier alpha value is -1.80.